The van der Waals surface area contributed by atoms with Crippen LogP contribution in [0.2, 0.25) is 0 Å². The minimum Gasteiger partial charge on any atom is -0.306 e. The maximum Gasteiger partial charge on any atom is 0.0750 e. The van der Waals surface area contributed by atoms with Crippen molar-refractivity contribution in [1.82, 2.24) is 15.1 Å². The summed E-state index contributed by atoms with van der Waals surface area (Å²) in [5.41, 5.74) is 2.04. The summed E-state index contributed by atoms with van der Waals surface area (Å²) >= 11 is 0. The van der Waals surface area contributed by atoms with Gasteiger partial charge in [0.25, 0.3) is 0 Å². The molecule has 1 aromatic heterocycles. The van der Waals surface area contributed by atoms with E-state index < -0.39 is 0 Å². The van der Waals surface area contributed by atoms with E-state index in [1.807, 2.05) is 17.8 Å². The number of hydrogen-bond donors (Lipinski definition) is 1. The van der Waals surface area contributed by atoms with E-state index in [2.05, 4.69) is 43.0 Å². The van der Waals surface area contributed by atoms with Crippen LogP contribution in [0.5, 0.6) is 0 Å². The Morgan fingerprint density at radius 1 is 1.53 bits per heavy atom. The molecular formula is C12H19N3. The van der Waals surface area contributed by atoms with E-state index in [4.69, 9.17) is 0 Å². The summed E-state index contributed by atoms with van der Waals surface area (Å²) in [6.45, 7) is 9.99. The lowest BCUT2D eigenvalue weighted by Gasteiger charge is -2.02. The summed E-state index contributed by atoms with van der Waals surface area (Å²) < 4.78 is 1.95. The summed E-state index contributed by atoms with van der Waals surface area (Å²) in [7, 11) is 0. The number of aryl methyl sites for hydroxylation is 1. The molecule has 0 bridgehead atoms. The van der Waals surface area contributed by atoms with E-state index in [0.717, 1.165) is 24.3 Å². The van der Waals surface area contributed by atoms with Crippen LogP contribution < -0.4 is 5.32 Å². The maximum absolute atomic E-state index is 4.40. The normalized spacial score (nSPS) is 10.2. The summed E-state index contributed by atoms with van der Waals surface area (Å²) in [5.74, 6) is 6.21. The number of aromatic nitrogens is 2. The van der Waals surface area contributed by atoms with Crippen LogP contribution in [0.1, 0.15) is 38.1 Å². The van der Waals surface area contributed by atoms with Crippen LogP contribution in [0.25, 0.3) is 0 Å². The third-order valence-corrected chi connectivity index (χ3v) is 2.13. The molecule has 0 aliphatic carbocycles. The SMILES string of the molecule is CCNCC#Cc1cn(C(C)C)nc1C. The minimum atomic E-state index is 0.396. The van der Waals surface area contributed by atoms with Gasteiger partial charge in [-0.1, -0.05) is 18.8 Å². The standard InChI is InChI=1S/C12H19N3/c1-5-13-8-6-7-12-9-15(10(2)3)14-11(12)4/h9-10,13H,5,8H2,1-4H3. The molecule has 15 heavy (non-hydrogen) atoms. The molecule has 0 saturated heterocycles. The van der Waals surface area contributed by atoms with Crippen LogP contribution in [0.4, 0.5) is 0 Å². The van der Waals surface area contributed by atoms with Crippen molar-refractivity contribution in [3.05, 3.63) is 17.5 Å². The molecule has 3 heteroatoms. The second-order valence-electron chi connectivity index (χ2n) is 3.78. The van der Waals surface area contributed by atoms with Crippen LogP contribution in [0.3, 0.4) is 0 Å². The van der Waals surface area contributed by atoms with Gasteiger partial charge >= 0.3 is 0 Å². The molecule has 1 N–H and O–H groups in total. The molecule has 3 nitrogen and oxygen atoms in total. The van der Waals surface area contributed by atoms with Gasteiger partial charge in [-0.25, -0.2) is 0 Å². The van der Waals surface area contributed by atoms with Crippen LogP contribution in [-0.2, 0) is 0 Å². The maximum atomic E-state index is 4.40. The van der Waals surface area contributed by atoms with Gasteiger partial charge in [0.2, 0.25) is 0 Å². The Balaban J connectivity index is 2.71. The minimum absolute atomic E-state index is 0.396. The van der Waals surface area contributed by atoms with Gasteiger partial charge < -0.3 is 5.32 Å². The molecule has 0 amide bonds. The topological polar surface area (TPSA) is 29.9 Å². The summed E-state index contributed by atoms with van der Waals surface area (Å²) in [6.07, 6.45) is 2.01. The van der Waals surface area contributed by atoms with Crippen LogP contribution >= 0.6 is 0 Å². The molecule has 1 aromatic rings. The van der Waals surface area contributed by atoms with Gasteiger partial charge in [0.15, 0.2) is 0 Å². The van der Waals surface area contributed by atoms with Crippen molar-refractivity contribution in [1.29, 1.82) is 0 Å². The second kappa shape index (κ2) is 5.57. The number of nitrogens with zero attached hydrogens (tertiary/aromatic N) is 2. The van der Waals surface area contributed by atoms with Crippen molar-refractivity contribution in [3.63, 3.8) is 0 Å². The molecule has 0 unspecified atom stereocenters. The second-order valence-corrected chi connectivity index (χ2v) is 3.78. The van der Waals surface area contributed by atoms with Crippen molar-refractivity contribution >= 4 is 0 Å². The zero-order chi connectivity index (χ0) is 11.3. The highest BCUT2D eigenvalue weighted by molar-refractivity contribution is 5.35. The van der Waals surface area contributed by atoms with Gasteiger partial charge in [-0.05, 0) is 27.3 Å². The molecule has 0 fully saturated rings. The summed E-state index contributed by atoms with van der Waals surface area (Å²) in [5, 5.41) is 7.57. The Kier molecular flexibility index (Phi) is 4.38. The van der Waals surface area contributed by atoms with Crippen molar-refractivity contribution in [2.75, 3.05) is 13.1 Å². The lowest BCUT2D eigenvalue weighted by Crippen LogP contribution is -2.11. The average molecular weight is 205 g/mol. The zero-order valence-corrected chi connectivity index (χ0v) is 9.96. The first-order valence-electron chi connectivity index (χ1n) is 5.40. The highest BCUT2D eigenvalue weighted by atomic mass is 15.3. The van der Waals surface area contributed by atoms with Gasteiger partial charge in [0.1, 0.15) is 0 Å². The van der Waals surface area contributed by atoms with Crippen molar-refractivity contribution in [3.8, 4) is 11.8 Å². The monoisotopic (exact) mass is 205 g/mol. The van der Waals surface area contributed by atoms with Crippen LogP contribution in [-0.4, -0.2) is 22.9 Å². The van der Waals surface area contributed by atoms with Gasteiger partial charge in [-0.15, -0.1) is 0 Å². The Bertz CT molecular complexity index is 366. The number of hydrogen-bond acceptors (Lipinski definition) is 2. The van der Waals surface area contributed by atoms with E-state index in [-0.39, 0.29) is 0 Å². The third kappa shape index (κ3) is 3.41. The highest BCUT2D eigenvalue weighted by Crippen LogP contribution is 2.08. The fraction of sp³-hybridized carbons (Fsp3) is 0.583. The molecule has 0 radical (unpaired) electrons. The Morgan fingerprint density at radius 2 is 2.27 bits per heavy atom. The van der Waals surface area contributed by atoms with E-state index in [0.29, 0.717) is 6.04 Å². The van der Waals surface area contributed by atoms with Crippen molar-refractivity contribution in [2.24, 2.45) is 0 Å². The smallest absolute Gasteiger partial charge is 0.0750 e. The van der Waals surface area contributed by atoms with Gasteiger partial charge in [0, 0.05) is 12.2 Å². The Morgan fingerprint density at radius 3 is 2.80 bits per heavy atom. The average Bonchev–Trinajstić information content (AvgIpc) is 2.55. The quantitative estimate of drug-likeness (QED) is 0.601. The lowest BCUT2D eigenvalue weighted by atomic mass is 10.3. The largest absolute Gasteiger partial charge is 0.306 e. The third-order valence-electron chi connectivity index (χ3n) is 2.13. The molecule has 82 valence electrons. The van der Waals surface area contributed by atoms with Crippen LogP contribution in [0.15, 0.2) is 6.20 Å². The molecule has 1 heterocycles. The first-order chi connectivity index (χ1) is 7.15. The molecule has 0 aromatic carbocycles. The Hall–Kier alpha value is -1.27. The molecule has 1 rings (SSSR count). The van der Waals surface area contributed by atoms with Crippen molar-refractivity contribution < 1.29 is 0 Å². The number of nitrogens with one attached hydrogen (secondary N) is 1. The fourth-order valence-electron chi connectivity index (χ4n) is 1.20. The fourth-order valence-corrected chi connectivity index (χ4v) is 1.20. The van der Waals surface area contributed by atoms with Gasteiger partial charge in [-0.3, -0.25) is 4.68 Å². The van der Waals surface area contributed by atoms with E-state index >= 15 is 0 Å². The lowest BCUT2D eigenvalue weighted by molar-refractivity contribution is 0.529. The molecule has 0 spiro atoms. The highest BCUT2D eigenvalue weighted by Gasteiger charge is 2.03. The van der Waals surface area contributed by atoms with Gasteiger partial charge in [0.05, 0.1) is 17.8 Å². The molecule has 0 saturated carbocycles. The summed E-state index contributed by atoms with van der Waals surface area (Å²) in [4.78, 5) is 0. The van der Waals surface area contributed by atoms with E-state index in [9.17, 15) is 0 Å². The zero-order valence-electron chi connectivity index (χ0n) is 9.96. The first kappa shape index (κ1) is 11.8. The first-order valence-corrected chi connectivity index (χ1v) is 5.40. The van der Waals surface area contributed by atoms with E-state index in [1.54, 1.807) is 0 Å². The molecule has 0 aliphatic rings. The summed E-state index contributed by atoms with van der Waals surface area (Å²) in [6, 6.07) is 0.396. The van der Waals surface area contributed by atoms with Gasteiger partial charge in [-0.2, -0.15) is 5.10 Å². The van der Waals surface area contributed by atoms with Crippen LogP contribution in [0, 0.1) is 18.8 Å². The predicted octanol–water partition coefficient (Wildman–Crippen LogP) is 1.73. The van der Waals surface area contributed by atoms with E-state index in [1.165, 1.54) is 0 Å². The number of rotatable bonds is 3. The molecular weight excluding hydrogens is 186 g/mol. The Labute approximate surface area is 91.9 Å². The molecule has 0 aliphatic heterocycles. The predicted molar refractivity (Wildman–Crippen MR) is 62.8 cm³/mol. The molecule has 0 atom stereocenters. The van der Waals surface area contributed by atoms with Crippen molar-refractivity contribution in [2.45, 2.75) is 33.7 Å².